The summed E-state index contributed by atoms with van der Waals surface area (Å²) in [6, 6.07) is 6.23. The van der Waals surface area contributed by atoms with Crippen LogP contribution in [0.2, 0.25) is 0 Å². The molecule has 2 saturated heterocycles. The van der Waals surface area contributed by atoms with Gasteiger partial charge in [-0.05, 0) is 50.2 Å². The predicted molar refractivity (Wildman–Crippen MR) is 89.0 cm³/mol. The Balaban J connectivity index is 1.58. The van der Waals surface area contributed by atoms with E-state index >= 15 is 0 Å². The van der Waals surface area contributed by atoms with Crippen molar-refractivity contribution < 1.29 is 22.7 Å². The molecule has 2 aliphatic rings. The third kappa shape index (κ3) is 4.06. The molecule has 7 nitrogen and oxygen atoms in total. The van der Waals surface area contributed by atoms with Crippen molar-refractivity contribution in [2.75, 3.05) is 37.4 Å². The van der Waals surface area contributed by atoms with Crippen molar-refractivity contribution in [3.8, 4) is 0 Å². The highest BCUT2D eigenvalue weighted by Gasteiger charge is 2.33. The molecular formula is C16H22N2O5S. The minimum atomic E-state index is -3.25. The topological polar surface area (TPSA) is 84.9 Å². The average Bonchev–Trinajstić information content (AvgIpc) is 2.94. The Bertz CT molecular complexity index is 683. The van der Waals surface area contributed by atoms with E-state index in [0.29, 0.717) is 18.8 Å². The number of benzene rings is 1. The number of hydrogen-bond acceptors (Lipinski definition) is 6. The lowest BCUT2D eigenvalue weighted by Gasteiger charge is -2.23. The molecule has 1 amide bonds. The van der Waals surface area contributed by atoms with Crippen LogP contribution < -0.4 is 10.2 Å². The zero-order valence-corrected chi connectivity index (χ0v) is 14.4. The molecule has 132 valence electrons. The summed E-state index contributed by atoms with van der Waals surface area (Å²) in [5, 5.41) is 3.28. The first kappa shape index (κ1) is 17.2. The molecule has 0 aromatic heterocycles. The van der Waals surface area contributed by atoms with E-state index in [1.165, 1.54) is 17.0 Å². The van der Waals surface area contributed by atoms with E-state index in [1.54, 1.807) is 12.1 Å². The summed E-state index contributed by atoms with van der Waals surface area (Å²) in [6.45, 7) is 2.69. The number of ether oxygens (including phenoxy) is 2. The van der Waals surface area contributed by atoms with Gasteiger partial charge in [-0.15, -0.1) is 0 Å². The van der Waals surface area contributed by atoms with E-state index in [9.17, 15) is 13.2 Å². The fraction of sp³-hybridized carbons (Fsp3) is 0.562. The van der Waals surface area contributed by atoms with Crippen molar-refractivity contribution in [2.45, 2.75) is 29.9 Å². The zero-order valence-electron chi connectivity index (χ0n) is 13.6. The Morgan fingerprint density at radius 3 is 2.54 bits per heavy atom. The van der Waals surface area contributed by atoms with Gasteiger partial charge in [-0.25, -0.2) is 13.2 Å². The number of carbonyl (C=O) groups is 1. The van der Waals surface area contributed by atoms with Crippen LogP contribution >= 0.6 is 0 Å². The molecule has 0 bridgehead atoms. The van der Waals surface area contributed by atoms with Gasteiger partial charge >= 0.3 is 6.09 Å². The van der Waals surface area contributed by atoms with Crippen molar-refractivity contribution in [3.63, 3.8) is 0 Å². The zero-order chi connectivity index (χ0) is 17.2. The van der Waals surface area contributed by atoms with Crippen molar-refractivity contribution in [1.29, 1.82) is 0 Å². The van der Waals surface area contributed by atoms with Crippen LogP contribution in [0.25, 0.3) is 0 Å². The molecule has 1 N–H and O–H groups in total. The van der Waals surface area contributed by atoms with Crippen LogP contribution in [0, 0.1) is 0 Å². The summed E-state index contributed by atoms with van der Waals surface area (Å²) in [7, 11) is -3.25. The van der Waals surface area contributed by atoms with Crippen LogP contribution in [0.15, 0.2) is 29.2 Å². The standard InChI is InChI=1S/C16H22N2O5S/c1-24(20,21)15-4-2-12(3-5-15)18-10-14(23-16(18)19)11-22-13-6-8-17-9-7-13/h2-5,13-14,17H,6-11H2,1H3. The van der Waals surface area contributed by atoms with Crippen molar-refractivity contribution in [3.05, 3.63) is 24.3 Å². The van der Waals surface area contributed by atoms with E-state index in [1.807, 2.05) is 0 Å². The van der Waals surface area contributed by atoms with Crippen molar-refractivity contribution in [1.82, 2.24) is 5.32 Å². The Hall–Kier alpha value is -1.64. The van der Waals surface area contributed by atoms with Crippen LogP contribution in [-0.4, -0.2) is 59.2 Å². The number of rotatable bonds is 5. The average molecular weight is 354 g/mol. The van der Waals surface area contributed by atoms with E-state index in [-0.39, 0.29) is 17.1 Å². The molecule has 1 aromatic rings. The van der Waals surface area contributed by atoms with Crippen LogP contribution in [0.3, 0.4) is 0 Å². The minimum Gasteiger partial charge on any atom is -0.441 e. The lowest BCUT2D eigenvalue weighted by atomic mass is 10.1. The van der Waals surface area contributed by atoms with E-state index in [4.69, 9.17) is 9.47 Å². The maximum Gasteiger partial charge on any atom is 0.414 e. The van der Waals surface area contributed by atoms with Gasteiger partial charge in [0.2, 0.25) is 0 Å². The normalized spacial score (nSPS) is 22.6. The molecule has 0 aliphatic carbocycles. The first-order valence-electron chi connectivity index (χ1n) is 8.04. The van der Waals surface area contributed by atoms with Gasteiger partial charge in [-0.3, -0.25) is 4.90 Å². The predicted octanol–water partition coefficient (Wildman–Crippen LogP) is 1.18. The summed E-state index contributed by atoms with van der Waals surface area (Å²) < 4.78 is 34.2. The highest BCUT2D eigenvalue weighted by atomic mass is 32.2. The number of nitrogens with one attached hydrogen (secondary N) is 1. The second-order valence-corrected chi connectivity index (χ2v) is 8.18. The van der Waals surface area contributed by atoms with Gasteiger partial charge in [0.1, 0.15) is 6.10 Å². The van der Waals surface area contributed by atoms with Gasteiger partial charge < -0.3 is 14.8 Å². The third-order valence-electron chi connectivity index (χ3n) is 4.25. The van der Waals surface area contributed by atoms with Crippen LogP contribution in [0.4, 0.5) is 10.5 Å². The van der Waals surface area contributed by atoms with Gasteiger partial charge in [-0.2, -0.15) is 0 Å². The number of hydrogen-bond donors (Lipinski definition) is 1. The number of carbonyl (C=O) groups excluding carboxylic acids is 1. The lowest BCUT2D eigenvalue weighted by Crippen LogP contribution is -2.34. The van der Waals surface area contributed by atoms with E-state index in [2.05, 4.69) is 5.32 Å². The van der Waals surface area contributed by atoms with Gasteiger partial charge in [0, 0.05) is 11.9 Å². The summed E-state index contributed by atoms with van der Waals surface area (Å²) in [5.41, 5.74) is 0.622. The molecule has 24 heavy (non-hydrogen) atoms. The fourth-order valence-corrected chi connectivity index (χ4v) is 3.53. The third-order valence-corrected chi connectivity index (χ3v) is 5.38. The first-order chi connectivity index (χ1) is 11.4. The number of piperidine rings is 1. The molecule has 8 heteroatoms. The monoisotopic (exact) mass is 354 g/mol. The smallest absolute Gasteiger partial charge is 0.414 e. The van der Waals surface area contributed by atoms with Crippen LogP contribution in [-0.2, 0) is 19.3 Å². The van der Waals surface area contributed by atoms with E-state index < -0.39 is 15.9 Å². The summed E-state index contributed by atoms with van der Waals surface area (Å²) in [5.74, 6) is 0. The number of anilines is 1. The quantitative estimate of drug-likeness (QED) is 0.855. The van der Waals surface area contributed by atoms with E-state index in [0.717, 1.165) is 32.2 Å². The SMILES string of the molecule is CS(=O)(=O)c1ccc(N2CC(COC3CCNCC3)OC2=O)cc1. The molecule has 0 saturated carbocycles. The number of sulfone groups is 1. The Morgan fingerprint density at radius 2 is 1.92 bits per heavy atom. The molecule has 0 radical (unpaired) electrons. The fourth-order valence-electron chi connectivity index (χ4n) is 2.90. The van der Waals surface area contributed by atoms with Gasteiger partial charge in [0.05, 0.1) is 24.2 Å². The molecule has 2 fully saturated rings. The maximum absolute atomic E-state index is 12.0. The summed E-state index contributed by atoms with van der Waals surface area (Å²) in [4.78, 5) is 13.8. The molecule has 1 aromatic carbocycles. The Labute approximate surface area is 141 Å². The summed E-state index contributed by atoms with van der Waals surface area (Å²) >= 11 is 0. The molecule has 2 heterocycles. The number of nitrogens with zero attached hydrogens (tertiary/aromatic N) is 1. The Kier molecular flexibility index (Phi) is 5.07. The number of amides is 1. The second-order valence-electron chi connectivity index (χ2n) is 6.17. The molecule has 1 atom stereocenters. The summed E-state index contributed by atoms with van der Waals surface area (Å²) in [6.07, 6.45) is 2.57. The Morgan fingerprint density at radius 1 is 1.25 bits per heavy atom. The number of cyclic esters (lactones) is 1. The molecule has 0 spiro atoms. The van der Waals surface area contributed by atoms with Crippen molar-refractivity contribution in [2.24, 2.45) is 0 Å². The lowest BCUT2D eigenvalue weighted by molar-refractivity contribution is -0.0124. The maximum atomic E-state index is 12.0. The molecule has 2 aliphatic heterocycles. The van der Waals surface area contributed by atoms with Crippen LogP contribution in [0.5, 0.6) is 0 Å². The highest BCUT2D eigenvalue weighted by molar-refractivity contribution is 7.90. The minimum absolute atomic E-state index is 0.216. The second kappa shape index (κ2) is 7.08. The molecule has 1 unspecified atom stereocenters. The largest absolute Gasteiger partial charge is 0.441 e. The van der Waals surface area contributed by atoms with Gasteiger partial charge in [0.25, 0.3) is 0 Å². The van der Waals surface area contributed by atoms with Gasteiger partial charge in [0.15, 0.2) is 9.84 Å². The van der Waals surface area contributed by atoms with Gasteiger partial charge in [-0.1, -0.05) is 0 Å². The molecule has 3 rings (SSSR count). The highest BCUT2D eigenvalue weighted by Crippen LogP contribution is 2.24. The first-order valence-corrected chi connectivity index (χ1v) is 9.93. The van der Waals surface area contributed by atoms with Crippen molar-refractivity contribution >= 4 is 21.6 Å². The molecular weight excluding hydrogens is 332 g/mol. The van der Waals surface area contributed by atoms with Crippen LogP contribution in [0.1, 0.15) is 12.8 Å².